The van der Waals surface area contributed by atoms with Crippen molar-refractivity contribution in [2.45, 2.75) is 31.8 Å². The Hall–Kier alpha value is -1.45. The molecule has 0 aromatic heterocycles. The molecule has 0 spiro atoms. The van der Waals surface area contributed by atoms with Crippen LogP contribution in [0.5, 0.6) is 0 Å². The van der Waals surface area contributed by atoms with Gasteiger partial charge in [0.1, 0.15) is 0 Å². The zero-order valence-electron chi connectivity index (χ0n) is 12.9. The summed E-state index contributed by atoms with van der Waals surface area (Å²) in [6, 6.07) is 17.1. The van der Waals surface area contributed by atoms with Crippen LogP contribution in [0.25, 0.3) is 0 Å². The summed E-state index contributed by atoms with van der Waals surface area (Å²) in [7, 11) is 0. The zero-order valence-corrected chi connectivity index (χ0v) is 13.7. The Labute approximate surface area is 132 Å². The highest BCUT2D eigenvalue weighted by molar-refractivity contribution is 7.99. The van der Waals surface area contributed by atoms with Gasteiger partial charge in [0.2, 0.25) is 0 Å². The van der Waals surface area contributed by atoms with Crippen LogP contribution in [-0.2, 0) is 13.1 Å². The first-order valence-electron chi connectivity index (χ1n) is 7.53. The Morgan fingerprint density at radius 2 is 1.76 bits per heavy atom. The van der Waals surface area contributed by atoms with E-state index >= 15 is 0 Å². The normalized spacial score (nSPS) is 10.6. The van der Waals surface area contributed by atoms with E-state index < -0.39 is 0 Å². The van der Waals surface area contributed by atoms with Crippen molar-refractivity contribution in [3.8, 4) is 0 Å². The molecular weight excluding hydrogens is 276 g/mol. The molecule has 0 aliphatic rings. The van der Waals surface area contributed by atoms with Crippen molar-refractivity contribution in [3.05, 3.63) is 59.7 Å². The van der Waals surface area contributed by atoms with Crippen LogP contribution < -0.4 is 10.6 Å². The third-order valence-corrected chi connectivity index (χ3v) is 4.53. The van der Waals surface area contributed by atoms with Gasteiger partial charge in [0, 0.05) is 35.8 Å². The van der Waals surface area contributed by atoms with E-state index in [-0.39, 0.29) is 0 Å². The van der Waals surface area contributed by atoms with Gasteiger partial charge in [-0.1, -0.05) is 43.3 Å². The van der Waals surface area contributed by atoms with Crippen LogP contribution in [0.4, 0.5) is 5.69 Å². The molecule has 0 atom stereocenters. The Bertz CT molecular complexity index is 554. The largest absolute Gasteiger partial charge is 0.367 e. The topological polar surface area (TPSA) is 29.3 Å². The fourth-order valence-corrected chi connectivity index (χ4v) is 3.37. The highest BCUT2D eigenvalue weighted by Crippen LogP contribution is 2.31. The van der Waals surface area contributed by atoms with Crippen molar-refractivity contribution >= 4 is 17.4 Å². The van der Waals surface area contributed by atoms with Crippen LogP contribution in [0.3, 0.4) is 0 Å². The Balaban J connectivity index is 2.31. The molecule has 0 fully saturated rings. The van der Waals surface area contributed by atoms with Crippen LogP contribution in [0, 0.1) is 0 Å². The first kappa shape index (κ1) is 15.9. The van der Waals surface area contributed by atoms with Gasteiger partial charge in [0.05, 0.1) is 0 Å². The van der Waals surface area contributed by atoms with Gasteiger partial charge in [-0.05, 0) is 30.4 Å². The average molecular weight is 300 g/mol. The summed E-state index contributed by atoms with van der Waals surface area (Å²) in [5.41, 5.74) is 9.89. The smallest absolute Gasteiger partial charge is 0.0429 e. The van der Waals surface area contributed by atoms with Gasteiger partial charge in [-0.25, -0.2) is 0 Å². The molecule has 0 radical (unpaired) electrons. The van der Waals surface area contributed by atoms with Crippen molar-refractivity contribution in [1.29, 1.82) is 0 Å². The minimum Gasteiger partial charge on any atom is -0.367 e. The van der Waals surface area contributed by atoms with Gasteiger partial charge in [-0.2, -0.15) is 0 Å². The van der Waals surface area contributed by atoms with E-state index in [1.807, 2.05) is 11.8 Å². The van der Waals surface area contributed by atoms with E-state index in [9.17, 15) is 0 Å². The van der Waals surface area contributed by atoms with Crippen molar-refractivity contribution in [2.75, 3.05) is 17.2 Å². The van der Waals surface area contributed by atoms with Crippen molar-refractivity contribution in [2.24, 2.45) is 5.73 Å². The van der Waals surface area contributed by atoms with Crippen LogP contribution in [0.1, 0.15) is 25.0 Å². The molecule has 0 aliphatic carbocycles. The second kappa shape index (κ2) is 8.11. The van der Waals surface area contributed by atoms with E-state index in [4.69, 9.17) is 5.73 Å². The average Bonchev–Trinajstić information content (AvgIpc) is 2.54. The Kier molecular flexibility index (Phi) is 6.15. The van der Waals surface area contributed by atoms with E-state index in [1.54, 1.807) is 0 Å². The number of nitrogens with zero attached hydrogens (tertiary/aromatic N) is 1. The molecule has 2 aromatic rings. The molecule has 0 saturated carbocycles. The van der Waals surface area contributed by atoms with Gasteiger partial charge in [-0.3, -0.25) is 0 Å². The highest BCUT2D eigenvalue weighted by atomic mass is 32.2. The number of nitrogens with two attached hydrogens (primary N) is 1. The van der Waals surface area contributed by atoms with Crippen molar-refractivity contribution in [3.63, 3.8) is 0 Å². The van der Waals surface area contributed by atoms with E-state index in [2.05, 4.69) is 67.3 Å². The Morgan fingerprint density at radius 1 is 1.00 bits per heavy atom. The highest BCUT2D eigenvalue weighted by Gasteiger charge is 2.12. The second-order valence-electron chi connectivity index (χ2n) is 4.89. The van der Waals surface area contributed by atoms with E-state index in [0.29, 0.717) is 6.54 Å². The molecule has 21 heavy (non-hydrogen) atoms. The molecule has 2 aromatic carbocycles. The number of hydrogen-bond acceptors (Lipinski definition) is 3. The van der Waals surface area contributed by atoms with Gasteiger partial charge in [-0.15, -0.1) is 11.8 Å². The maximum atomic E-state index is 6.03. The molecule has 2 N–H and O–H groups in total. The molecule has 112 valence electrons. The molecule has 0 bridgehead atoms. The lowest BCUT2D eigenvalue weighted by Gasteiger charge is -2.27. The second-order valence-corrected chi connectivity index (χ2v) is 6.20. The minimum atomic E-state index is 0.587. The van der Waals surface area contributed by atoms with Crippen LogP contribution in [-0.4, -0.2) is 12.3 Å². The quantitative estimate of drug-likeness (QED) is 0.774. The predicted octanol–water partition coefficient (Wildman–Crippen LogP) is 4.28. The lowest BCUT2D eigenvalue weighted by atomic mass is 10.1. The Morgan fingerprint density at radius 3 is 2.38 bits per heavy atom. The molecule has 0 saturated heterocycles. The predicted molar refractivity (Wildman–Crippen MR) is 93.9 cm³/mol. The first-order valence-corrected chi connectivity index (χ1v) is 8.52. The van der Waals surface area contributed by atoms with E-state index in [0.717, 1.165) is 18.8 Å². The monoisotopic (exact) mass is 300 g/mol. The molecule has 2 rings (SSSR count). The molecule has 0 heterocycles. The molecule has 0 amide bonds. The first-order chi connectivity index (χ1) is 10.3. The third-order valence-electron chi connectivity index (χ3n) is 3.55. The molecule has 0 aliphatic heterocycles. The van der Waals surface area contributed by atoms with Gasteiger partial charge in [0.15, 0.2) is 0 Å². The van der Waals surface area contributed by atoms with E-state index in [1.165, 1.54) is 21.7 Å². The molecule has 0 unspecified atom stereocenters. The SMILES string of the molecule is CCSc1cccc(N(CC)Cc2ccccc2)c1CN. The number of benzene rings is 2. The van der Waals surface area contributed by atoms with Crippen molar-refractivity contribution in [1.82, 2.24) is 0 Å². The van der Waals surface area contributed by atoms with Crippen LogP contribution in [0.15, 0.2) is 53.4 Å². The standard InChI is InChI=1S/C18H24N2S/c1-3-20(14-15-9-6-5-7-10-15)17-11-8-12-18(21-4-2)16(17)13-19/h5-12H,3-4,13-14,19H2,1-2H3. The van der Waals surface area contributed by atoms with Gasteiger partial charge < -0.3 is 10.6 Å². The summed E-state index contributed by atoms with van der Waals surface area (Å²) in [5, 5.41) is 0. The van der Waals surface area contributed by atoms with Crippen LogP contribution >= 0.6 is 11.8 Å². The summed E-state index contributed by atoms with van der Waals surface area (Å²) in [6.45, 7) is 6.86. The fraction of sp³-hybridized carbons (Fsp3) is 0.333. The number of rotatable bonds is 7. The van der Waals surface area contributed by atoms with Crippen LogP contribution in [0.2, 0.25) is 0 Å². The summed E-state index contributed by atoms with van der Waals surface area (Å²) >= 11 is 1.87. The summed E-state index contributed by atoms with van der Waals surface area (Å²) in [4.78, 5) is 3.71. The number of hydrogen-bond donors (Lipinski definition) is 1. The third kappa shape index (κ3) is 4.02. The van der Waals surface area contributed by atoms with Crippen molar-refractivity contribution < 1.29 is 0 Å². The molecule has 3 heteroatoms. The minimum absolute atomic E-state index is 0.587. The summed E-state index contributed by atoms with van der Waals surface area (Å²) in [6.07, 6.45) is 0. The number of anilines is 1. The maximum Gasteiger partial charge on any atom is 0.0429 e. The van der Waals surface area contributed by atoms with Gasteiger partial charge >= 0.3 is 0 Å². The number of thioether (sulfide) groups is 1. The summed E-state index contributed by atoms with van der Waals surface area (Å²) < 4.78 is 0. The fourth-order valence-electron chi connectivity index (χ4n) is 2.52. The maximum absolute atomic E-state index is 6.03. The zero-order chi connectivity index (χ0) is 15.1. The molecular formula is C18H24N2S. The lowest BCUT2D eigenvalue weighted by Crippen LogP contribution is -2.24. The van der Waals surface area contributed by atoms with Gasteiger partial charge in [0.25, 0.3) is 0 Å². The molecule has 2 nitrogen and oxygen atoms in total. The summed E-state index contributed by atoms with van der Waals surface area (Å²) in [5.74, 6) is 1.07. The lowest BCUT2D eigenvalue weighted by molar-refractivity contribution is 0.817.